The number of rotatable bonds is 6. The van der Waals surface area contributed by atoms with Crippen LogP contribution in [0.1, 0.15) is 88.5 Å². The van der Waals surface area contributed by atoms with Crippen molar-refractivity contribution < 1.29 is 4.74 Å². The first kappa shape index (κ1) is 29.2. The summed E-state index contributed by atoms with van der Waals surface area (Å²) in [5, 5.41) is 0. The van der Waals surface area contributed by atoms with E-state index in [2.05, 4.69) is 58.3 Å². The van der Waals surface area contributed by atoms with Crippen LogP contribution in [-0.4, -0.2) is 55.7 Å². The molecule has 0 aliphatic carbocycles. The normalized spacial score (nSPS) is 15.4. The molecule has 0 radical (unpaired) electrons. The van der Waals surface area contributed by atoms with Crippen LogP contribution in [0.5, 0.6) is 0 Å². The average molecular weight is 359 g/mol. The molecule has 1 rings (SSSR count). The molecule has 1 fully saturated rings. The van der Waals surface area contributed by atoms with E-state index in [0.29, 0.717) is 0 Å². The first-order chi connectivity index (χ1) is 12.0. The lowest BCUT2D eigenvalue weighted by molar-refractivity contribution is 0.138. The lowest BCUT2D eigenvalue weighted by atomic mass is 10.2. The molecule has 1 heterocycles. The van der Waals surface area contributed by atoms with Crippen molar-refractivity contribution in [3.05, 3.63) is 11.3 Å². The zero-order valence-electron chi connectivity index (χ0n) is 19.4. The third-order valence-electron chi connectivity index (χ3n) is 3.43. The monoisotopic (exact) mass is 358 g/mol. The van der Waals surface area contributed by atoms with Gasteiger partial charge in [-0.1, -0.05) is 61.3 Å². The van der Waals surface area contributed by atoms with E-state index in [-0.39, 0.29) is 0 Å². The van der Waals surface area contributed by atoms with Crippen LogP contribution in [-0.2, 0) is 4.74 Å². The SMILES string of the molecule is CC.CCC.CCC.CCCN1CCN(CC(C)=C(C)OCC)CC1. The van der Waals surface area contributed by atoms with E-state index >= 15 is 0 Å². The molecule has 0 N–H and O–H groups in total. The molecule has 0 aromatic rings. The molecule has 1 aliphatic rings. The van der Waals surface area contributed by atoms with Gasteiger partial charge in [0.1, 0.15) is 0 Å². The minimum absolute atomic E-state index is 0.771. The second-order valence-corrected chi connectivity index (χ2v) is 6.30. The number of hydrogen-bond donors (Lipinski definition) is 0. The summed E-state index contributed by atoms with van der Waals surface area (Å²) in [6.45, 7) is 29.0. The summed E-state index contributed by atoms with van der Waals surface area (Å²) in [6, 6.07) is 0. The van der Waals surface area contributed by atoms with Gasteiger partial charge in [-0.05, 0) is 39.3 Å². The Bertz CT molecular complexity index is 267. The Balaban J connectivity index is -0.000000517. The van der Waals surface area contributed by atoms with Crippen molar-refractivity contribution in [2.45, 2.75) is 88.5 Å². The second-order valence-electron chi connectivity index (χ2n) is 6.30. The molecular formula is C22H50N2O. The van der Waals surface area contributed by atoms with Gasteiger partial charge in [0, 0.05) is 32.7 Å². The third-order valence-corrected chi connectivity index (χ3v) is 3.43. The van der Waals surface area contributed by atoms with Crippen LogP contribution < -0.4 is 0 Å². The average Bonchev–Trinajstić information content (AvgIpc) is 2.60. The zero-order valence-corrected chi connectivity index (χ0v) is 19.4. The number of nitrogens with zero attached hydrogens (tertiary/aromatic N) is 2. The lowest BCUT2D eigenvalue weighted by Gasteiger charge is -2.34. The predicted molar refractivity (Wildman–Crippen MR) is 116 cm³/mol. The Kier molecular flexibility index (Phi) is 27.4. The van der Waals surface area contributed by atoms with Gasteiger partial charge >= 0.3 is 0 Å². The lowest BCUT2D eigenvalue weighted by Crippen LogP contribution is -2.46. The molecule has 0 atom stereocenters. The fraction of sp³-hybridized carbons (Fsp3) is 0.909. The highest BCUT2D eigenvalue weighted by Crippen LogP contribution is 2.10. The summed E-state index contributed by atoms with van der Waals surface area (Å²) in [5.41, 5.74) is 1.37. The highest BCUT2D eigenvalue weighted by Gasteiger charge is 2.16. The Labute approximate surface area is 160 Å². The fourth-order valence-electron chi connectivity index (χ4n) is 2.27. The third kappa shape index (κ3) is 19.6. The highest BCUT2D eigenvalue weighted by atomic mass is 16.5. The summed E-state index contributed by atoms with van der Waals surface area (Å²) in [7, 11) is 0. The maximum atomic E-state index is 5.55. The number of piperazine rings is 1. The maximum Gasteiger partial charge on any atom is 0.0930 e. The molecule has 3 heteroatoms. The van der Waals surface area contributed by atoms with Gasteiger partial charge in [0.15, 0.2) is 0 Å². The van der Waals surface area contributed by atoms with Gasteiger partial charge in [0.25, 0.3) is 0 Å². The van der Waals surface area contributed by atoms with E-state index in [4.69, 9.17) is 4.74 Å². The Morgan fingerprint density at radius 3 is 1.52 bits per heavy atom. The van der Waals surface area contributed by atoms with Crippen molar-refractivity contribution >= 4 is 0 Å². The summed E-state index contributed by atoms with van der Waals surface area (Å²) in [5.74, 6) is 1.10. The number of hydrogen-bond acceptors (Lipinski definition) is 3. The maximum absolute atomic E-state index is 5.55. The van der Waals surface area contributed by atoms with E-state index < -0.39 is 0 Å². The Morgan fingerprint density at radius 2 is 1.16 bits per heavy atom. The van der Waals surface area contributed by atoms with Crippen LogP contribution in [0, 0.1) is 0 Å². The number of ether oxygens (including phenoxy) is 1. The van der Waals surface area contributed by atoms with Crippen molar-refractivity contribution in [1.29, 1.82) is 0 Å². The molecule has 3 nitrogen and oxygen atoms in total. The van der Waals surface area contributed by atoms with E-state index in [0.717, 1.165) is 18.9 Å². The molecule has 0 spiro atoms. The molecule has 25 heavy (non-hydrogen) atoms. The summed E-state index contributed by atoms with van der Waals surface area (Å²) < 4.78 is 5.55. The summed E-state index contributed by atoms with van der Waals surface area (Å²) in [6.07, 6.45) is 3.77. The number of allylic oxidation sites excluding steroid dienone is 1. The van der Waals surface area contributed by atoms with Gasteiger partial charge in [-0.3, -0.25) is 4.90 Å². The van der Waals surface area contributed by atoms with Gasteiger partial charge in [-0.25, -0.2) is 0 Å². The predicted octanol–water partition coefficient (Wildman–Crippen LogP) is 6.20. The molecule has 1 saturated heterocycles. The van der Waals surface area contributed by atoms with E-state index in [9.17, 15) is 0 Å². The van der Waals surface area contributed by atoms with Gasteiger partial charge < -0.3 is 9.64 Å². The highest BCUT2D eigenvalue weighted by molar-refractivity contribution is 5.05. The van der Waals surface area contributed by atoms with E-state index in [1.165, 1.54) is 57.6 Å². The summed E-state index contributed by atoms with van der Waals surface area (Å²) in [4.78, 5) is 5.09. The van der Waals surface area contributed by atoms with Crippen LogP contribution >= 0.6 is 0 Å². The van der Waals surface area contributed by atoms with Crippen LogP contribution in [0.2, 0.25) is 0 Å². The van der Waals surface area contributed by atoms with Crippen molar-refractivity contribution in [3.8, 4) is 0 Å². The van der Waals surface area contributed by atoms with Crippen molar-refractivity contribution in [2.75, 3.05) is 45.9 Å². The quantitative estimate of drug-likeness (QED) is 0.525. The topological polar surface area (TPSA) is 15.7 Å². The molecule has 1 aliphatic heterocycles. The zero-order chi connectivity index (χ0) is 20.1. The van der Waals surface area contributed by atoms with Crippen molar-refractivity contribution in [1.82, 2.24) is 9.80 Å². The van der Waals surface area contributed by atoms with Gasteiger partial charge in [-0.2, -0.15) is 0 Å². The fourth-order valence-corrected chi connectivity index (χ4v) is 2.27. The molecule has 154 valence electrons. The van der Waals surface area contributed by atoms with Gasteiger partial charge in [0.2, 0.25) is 0 Å². The Morgan fingerprint density at radius 1 is 0.760 bits per heavy atom. The standard InChI is InChI=1S/C14H28N2O.2C3H8.C2H6/c1-5-7-15-8-10-16(11-9-15)12-13(3)14(4)17-6-2;2*1-3-2;1-2/h5-12H2,1-4H3;2*3H2,1-2H3;1-2H3. The van der Waals surface area contributed by atoms with Gasteiger partial charge in [0.05, 0.1) is 12.4 Å². The minimum atomic E-state index is 0.771. The van der Waals surface area contributed by atoms with E-state index in [1.807, 2.05) is 20.8 Å². The molecule has 0 saturated carbocycles. The Hall–Kier alpha value is -0.540. The first-order valence-corrected chi connectivity index (χ1v) is 10.7. The largest absolute Gasteiger partial charge is 0.499 e. The van der Waals surface area contributed by atoms with E-state index in [1.54, 1.807) is 0 Å². The smallest absolute Gasteiger partial charge is 0.0930 e. The molecule has 0 amide bonds. The van der Waals surface area contributed by atoms with Gasteiger partial charge in [-0.15, -0.1) is 0 Å². The van der Waals surface area contributed by atoms with Crippen molar-refractivity contribution in [3.63, 3.8) is 0 Å². The minimum Gasteiger partial charge on any atom is -0.499 e. The first-order valence-electron chi connectivity index (χ1n) is 10.7. The molecule has 0 aromatic carbocycles. The molecule has 0 unspecified atom stereocenters. The molecule has 0 aromatic heterocycles. The van der Waals surface area contributed by atoms with Crippen LogP contribution in [0.4, 0.5) is 0 Å². The second kappa shape index (κ2) is 23.5. The molecular weight excluding hydrogens is 308 g/mol. The van der Waals surface area contributed by atoms with Crippen LogP contribution in [0.25, 0.3) is 0 Å². The van der Waals surface area contributed by atoms with Crippen molar-refractivity contribution in [2.24, 2.45) is 0 Å². The van der Waals surface area contributed by atoms with Crippen LogP contribution in [0.3, 0.4) is 0 Å². The molecule has 0 bridgehead atoms. The van der Waals surface area contributed by atoms with Crippen LogP contribution in [0.15, 0.2) is 11.3 Å². The summed E-state index contributed by atoms with van der Waals surface area (Å²) >= 11 is 0.